The minimum Gasteiger partial charge on any atom is -0.378 e. The van der Waals surface area contributed by atoms with Crippen LogP contribution < -0.4 is 5.32 Å². The largest absolute Gasteiger partial charge is 0.378 e. The van der Waals surface area contributed by atoms with Crippen LogP contribution in [-0.4, -0.2) is 35.5 Å². The molecule has 0 amide bonds. The molecule has 4 nitrogen and oxygen atoms in total. The molecule has 1 saturated heterocycles. The van der Waals surface area contributed by atoms with Crippen molar-refractivity contribution in [3.63, 3.8) is 0 Å². The Morgan fingerprint density at radius 1 is 1.24 bits per heavy atom. The van der Waals surface area contributed by atoms with E-state index in [0.717, 1.165) is 42.1 Å². The van der Waals surface area contributed by atoms with Gasteiger partial charge in [0.1, 0.15) is 10.0 Å². The van der Waals surface area contributed by atoms with Gasteiger partial charge in [-0.15, -0.1) is 21.5 Å². The summed E-state index contributed by atoms with van der Waals surface area (Å²) in [5, 5.41) is 14.3. The summed E-state index contributed by atoms with van der Waals surface area (Å²) in [5.74, 6) is 0. The Bertz CT molecular complexity index is 358. The van der Waals surface area contributed by atoms with Crippen molar-refractivity contribution in [2.24, 2.45) is 0 Å². The molecule has 1 N–H and O–H groups in total. The van der Waals surface area contributed by atoms with E-state index in [1.165, 1.54) is 25.7 Å². The van der Waals surface area contributed by atoms with E-state index in [9.17, 15) is 0 Å². The fourth-order valence-electron chi connectivity index (χ4n) is 2.14. The van der Waals surface area contributed by atoms with Crippen LogP contribution in [0.15, 0.2) is 0 Å². The third kappa shape index (κ3) is 3.47. The lowest BCUT2D eigenvalue weighted by atomic mass is 10.2. The number of hydrogen-bond donors (Lipinski definition) is 1. The van der Waals surface area contributed by atoms with Crippen LogP contribution in [0.3, 0.4) is 0 Å². The molecule has 0 spiro atoms. The fourth-order valence-corrected chi connectivity index (χ4v) is 3.05. The maximum atomic E-state index is 5.61. The van der Waals surface area contributed by atoms with Crippen LogP contribution in [0.25, 0.3) is 0 Å². The van der Waals surface area contributed by atoms with Crippen LogP contribution in [0.5, 0.6) is 0 Å². The summed E-state index contributed by atoms with van der Waals surface area (Å²) in [6.07, 6.45) is 7.42. The molecule has 94 valence electrons. The first kappa shape index (κ1) is 11.6. The van der Waals surface area contributed by atoms with Crippen LogP contribution in [0.4, 0.5) is 0 Å². The van der Waals surface area contributed by atoms with Crippen molar-refractivity contribution in [3.05, 3.63) is 10.0 Å². The highest BCUT2D eigenvalue weighted by atomic mass is 32.1. The number of rotatable bonds is 6. The second-order valence-corrected chi connectivity index (χ2v) is 6.05. The van der Waals surface area contributed by atoms with Crippen molar-refractivity contribution in [2.45, 2.75) is 50.7 Å². The van der Waals surface area contributed by atoms with E-state index < -0.39 is 0 Å². The molecule has 1 unspecified atom stereocenters. The zero-order chi connectivity index (χ0) is 11.5. The normalized spacial score (nSPS) is 24.4. The lowest BCUT2D eigenvalue weighted by molar-refractivity contribution is 0.111. The molecule has 0 radical (unpaired) electrons. The molecule has 1 aromatic heterocycles. The van der Waals surface area contributed by atoms with Gasteiger partial charge in [0.25, 0.3) is 0 Å². The summed E-state index contributed by atoms with van der Waals surface area (Å²) >= 11 is 1.75. The van der Waals surface area contributed by atoms with E-state index in [-0.39, 0.29) is 0 Å². The third-order valence-corrected chi connectivity index (χ3v) is 4.29. The summed E-state index contributed by atoms with van der Waals surface area (Å²) < 4.78 is 5.61. The number of ether oxygens (including phenoxy) is 1. The number of hydrogen-bond acceptors (Lipinski definition) is 5. The van der Waals surface area contributed by atoms with Gasteiger partial charge in [-0.2, -0.15) is 0 Å². The van der Waals surface area contributed by atoms with Gasteiger partial charge in [0, 0.05) is 32.0 Å². The summed E-state index contributed by atoms with van der Waals surface area (Å²) in [5.41, 5.74) is 0. The maximum Gasteiger partial charge on any atom is 0.120 e. The molecule has 1 saturated carbocycles. The molecule has 1 aliphatic carbocycles. The monoisotopic (exact) mass is 253 g/mol. The van der Waals surface area contributed by atoms with E-state index in [4.69, 9.17) is 4.74 Å². The molecular weight excluding hydrogens is 234 g/mol. The van der Waals surface area contributed by atoms with Gasteiger partial charge in [0.05, 0.1) is 6.10 Å². The Morgan fingerprint density at radius 3 is 2.88 bits per heavy atom. The lowest BCUT2D eigenvalue weighted by Crippen LogP contribution is -2.19. The van der Waals surface area contributed by atoms with Crippen LogP contribution in [0, 0.1) is 0 Å². The molecule has 2 fully saturated rings. The van der Waals surface area contributed by atoms with Crippen molar-refractivity contribution in [3.8, 4) is 0 Å². The van der Waals surface area contributed by atoms with Gasteiger partial charge in [-0.25, -0.2) is 0 Å². The molecule has 0 aromatic carbocycles. The molecule has 2 aliphatic rings. The van der Waals surface area contributed by atoms with E-state index in [0.29, 0.717) is 6.10 Å². The highest BCUT2D eigenvalue weighted by Gasteiger charge is 2.20. The third-order valence-electron chi connectivity index (χ3n) is 3.28. The predicted molar refractivity (Wildman–Crippen MR) is 67.3 cm³/mol. The van der Waals surface area contributed by atoms with Crippen LogP contribution in [-0.2, 0) is 17.6 Å². The standard InChI is InChI=1S/C12H19N3OS/c1-2-10(16-7-1)8-12-15-14-11(17-12)5-6-13-9-3-4-9/h9-10,13H,1-8H2. The van der Waals surface area contributed by atoms with Crippen molar-refractivity contribution < 1.29 is 4.74 Å². The summed E-state index contributed by atoms with van der Waals surface area (Å²) in [6, 6.07) is 0.786. The number of nitrogens with one attached hydrogen (secondary N) is 1. The van der Waals surface area contributed by atoms with Crippen molar-refractivity contribution >= 4 is 11.3 Å². The van der Waals surface area contributed by atoms with Gasteiger partial charge < -0.3 is 10.1 Å². The zero-order valence-corrected chi connectivity index (χ0v) is 10.8. The molecule has 0 bridgehead atoms. The van der Waals surface area contributed by atoms with E-state index in [1.807, 2.05) is 0 Å². The summed E-state index contributed by atoms with van der Waals surface area (Å²) in [6.45, 7) is 1.96. The number of aromatic nitrogens is 2. The fraction of sp³-hybridized carbons (Fsp3) is 0.833. The lowest BCUT2D eigenvalue weighted by Gasteiger charge is -2.04. The SMILES string of the molecule is C1COC(Cc2nnc(CCNC3CC3)s2)C1. The average molecular weight is 253 g/mol. The average Bonchev–Trinajstić information content (AvgIpc) is 2.83. The predicted octanol–water partition coefficient (Wildman–Crippen LogP) is 1.55. The van der Waals surface area contributed by atoms with Crippen molar-refractivity contribution in [1.29, 1.82) is 0 Å². The molecule has 1 atom stereocenters. The van der Waals surface area contributed by atoms with Crippen LogP contribution in [0.1, 0.15) is 35.7 Å². The molecule has 1 aliphatic heterocycles. The van der Waals surface area contributed by atoms with Crippen molar-refractivity contribution in [2.75, 3.05) is 13.2 Å². The number of nitrogens with zero attached hydrogens (tertiary/aromatic N) is 2. The van der Waals surface area contributed by atoms with Crippen LogP contribution >= 0.6 is 11.3 Å². The first-order valence-electron chi connectivity index (χ1n) is 6.56. The molecule has 1 aromatic rings. The Morgan fingerprint density at radius 2 is 2.12 bits per heavy atom. The van der Waals surface area contributed by atoms with Gasteiger partial charge >= 0.3 is 0 Å². The maximum absolute atomic E-state index is 5.61. The van der Waals surface area contributed by atoms with E-state index in [1.54, 1.807) is 11.3 Å². The minimum atomic E-state index is 0.389. The molecule has 3 rings (SSSR count). The van der Waals surface area contributed by atoms with Gasteiger partial charge in [0.2, 0.25) is 0 Å². The van der Waals surface area contributed by atoms with Gasteiger partial charge in [-0.1, -0.05) is 0 Å². The quantitative estimate of drug-likeness (QED) is 0.835. The van der Waals surface area contributed by atoms with E-state index >= 15 is 0 Å². The topological polar surface area (TPSA) is 47.0 Å². The molecule has 2 heterocycles. The summed E-state index contributed by atoms with van der Waals surface area (Å²) in [4.78, 5) is 0. The van der Waals surface area contributed by atoms with Crippen molar-refractivity contribution in [1.82, 2.24) is 15.5 Å². The Hall–Kier alpha value is -0.520. The highest BCUT2D eigenvalue weighted by molar-refractivity contribution is 7.11. The first-order chi connectivity index (χ1) is 8.40. The minimum absolute atomic E-state index is 0.389. The highest BCUT2D eigenvalue weighted by Crippen LogP contribution is 2.20. The summed E-state index contributed by atoms with van der Waals surface area (Å²) in [7, 11) is 0. The van der Waals surface area contributed by atoms with Gasteiger partial charge in [-0.05, 0) is 25.7 Å². The van der Waals surface area contributed by atoms with Crippen LogP contribution in [0.2, 0.25) is 0 Å². The Labute approximate surface area is 106 Å². The molecule has 5 heteroatoms. The zero-order valence-electron chi connectivity index (χ0n) is 10.0. The molecule has 17 heavy (non-hydrogen) atoms. The Kier molecular flexibility index (Phi) is 3.68. The Balaban J connectivity index is 1.43. The second kappa shape index (κ2) is 5.42. The van der Waals surface area contributed by atoms with Gasteiger partial charge in [0.15, 0.2) is 0 Å². The second-order valence-electron chi connectivity index (χ2n) is 4.91. The van der Waals surface area contributed by atoms with Gasteiger partial charge in [-0.3, -0.25) is 0 Å². The first-order valence-corrected chi connectivity index (χ1v) is 7.38. The smallest absolute Gasteiger partial charge is 0.120 e. The van der Waals surface area contributed by atoms with E-state index in [2.05, 4.69) is 15.5 Å². The molecular formula is C12H19N3OS.